The molecule has 4 aromatic rings. The first kappa shape index (κ1) is 20.5. The molecule has 7 heteroatoms. The summed E-state index contributed by atoms with van der Waals surface area (Å²) >= 11 is 5.86. The van der Waals surface area contributed by atoms with Crippen LogP contribution in [0.25, 0.3) is 10.9 Å². The van der Waals surface area contributed by atoms with Crippen LogP contribution in [0, 0.1) is 0 Å². The SMILES string of the molecule is O=C(Cc1c[nH]c2ccccc12)NNC(=O)c1ccc(COc2ccc(Cl)cc2)cc1. The minimum Gasteiger partial charge on any atom is -0.489 e. The fraction of sp³-hybridized carbons (Fsp3) is 0.0833. The smallest absolute Gasteiger partial charge is 0.269 e. The zero-order valence-electron chi connectivity index (χ0n) is 16.5. The quantitative estimate of drug-likeness (QED) is 0.394. The van der Waals surface area contributed by atoms with Crippen LogP contribution in [0.3, 0.4) is 0 Å². The van der Waals surface area contributed by atoms with Crippen LogP contribution in [0.15, 0.2) is 79.0 Å². The highest BCUT2D eigenvalue weighted by Crippen LogP contribution is 2.18. The van der Waals surface area contributed by atoms with Gasteiger partial charge in [0.15, 0.2) is 0 Å². The summed E-state index contributed by atoms with van der Waals surface area (Å²) in [5, 5.41) is 1.64. The molecular formula is C24H20ClN3O3. The second-order valence-electron chi connectivity index (χ2n) is 6.98. The third kappa shape index (κ3) is 5.24. The maximum atomic E-state index is 12.3. The molecule has 156 valence electrons. The lowest BCUT2D eigenvalue weighted by molar-refractivity contribution is -0.121. The highest BCUT2D eigenvalue weighted by atomic mass is 35.5. The molecular weight excluding hydrogens is 414 g/mol. The van der Waals surface area contributed by atoms with Gasteiger partial charge in [0.1, 0.15) is 12.4 Å². The number of ether oxygens (including phenoxy) is 1. The van der Waals surface area contributed by atoms with Crippen LogP contribution in [0.4, 0.5) is 0 Å². The number of hydrazine groups is 1. The van der Waals surface area contributed by atoms with Gasteiger partial charge in [0.25, 0.3) is 5.91 Å². The largest absolute Gasteiger partial charge is 0.489 e. The summed E-state index contributed by atoms with van der Waals surface area (Å²) in [7, 11) is 0. The van der Waals surface area contributed by atoms with Crippen LogP contribution >= 0.6 is 11.6 Å². The molecule has 4 rings (SSSR count). The number of rotatable bonds is 6. The number of carbonyl (C=O) groups is 2. The molecule has 3 aromatic carbocycles. The van der Waals surface area contributed by atoms with Crippen LogP contribution in [0.5, 0.6) is 5.75 Å². The molecule has 31 heavy (non-hydrogen) atoms. The molecule has 0 aliphatic rings. The fourth-order valence-electron chi connectivity index (χ4n) is 3.14. The second kappa shape index (κ2) is 9.36. The van der Waals surface area contributed by atoms with Gasteiger partial charge >= 0.3 is 0 Å². The van der Waals surface area contributed by atoms with Crippen molar-refractivity contribution >= 4 is 34.3 Å². The lowest BCUT2D eigenvalue weighted by Crippen LogP contribution is -2.42. The van der Waals surface area contributed by atoms with Crippen molar-refractivity contribution in [2.45, 2.75) is 13.0 Å². The Hall–Kier alpha value is -3.77. The highest BCUT2D eigenvalue weighted by molar-refractivity contribution is 6.30. The average Bonchev–Trinajstić information content (AvgIpc) is 3.20. The molecule has 0 unspecified atom stereocenters. The van der Waals surface area contributed by atoms with Crippen LogP contribution in [-0.4, -0.2) is 16.8 Å². The first-order valence-corrected chi connectivity index (χ1v) is 10.1. The standard InChI is InChI=1S/C24H20ClN3O3/c25-19-9-11-20(12-10-19)31-15-16-5-7-17(8-6-16)24(30)28-27-23(29)13-18-14-26-22-4-2-1-3-21(18)22/h1-12,14,26H,13,15H2,(H,27,29)(H,28,30). The normalized spacial score (nSPS) is 10.6. The maximum absolute atomic E-state index is 12.3. The first-order valence-electron chi connectivity index (χ1n) is 9.70. The van der Waals surface area contributed by atoms with Gasteiger partial charge in [0.2, 0.25) is 5.91 Å². The van der Waals surface area contributed by atoms with Gasteiger partial charge in [-0.05, 0) is 53.6 Å². The number of halogens is 1. The van der Waals surface area contributed by atoms with E-state index in [4.69, 9.17) is 16.3 Å². The molecule has 0 saturated carbocycles. The lowest BCUT2D eigenvalue weighted by atomic mass is 10.1. The summed E-state index contributed by atoms with van der Waals surface area (Å²) in [5.74, 6) is 0.0210. The van der Waals surface area contributed by atoms with Gasteiger partial charge in [-0.25, -0.2) is 0 Å². The fourth-order valence-corrected chi connectivity index (χ4v) is 3.27. The molecule has 0 aliphatic carbocycles. The number of aromatic nitrogens is 1. The Morgan fingerprint density at radius 3 is 2.42 bits per heavy atom. The second-order valence-corrected chi connectivity index (χ2v) is 7.41. The third-order valence-corrected chi connectivity index (χ3v) is 5.03. The zero-order valence-corrected chi connectivity index (χ0v) is 17.3. The third-order valence-electron chi connectivity index (χ3n) is 4.78. The Bertz CT molecular complexity index is 1200. The minimum atomic E-state index is -0.391. The van der Waals surface area contributed by atoms with Crippen molar-refractivity contribution in [3.63, 3.8) is 0 Å². The van der Waals surface area contributed by atoms with Gasteiger partial charge in [-0.15, -0.1) is 0 Å². The van der Waals surface area contributed by atoms with E-state index in [0.717, 1.165) is 22.0 Å². The predicted molar refractivity (Wildman–Crippen MR) is 120 cm³/mol. The van der Waals surface area contributed by atoms with E-state index in [-0.39, 0.29) is 12.3 Å². The molecule has 6 nitrogen and oxygen atoms in total. The Balaban J connectivity index is 1.27. The van der Waals surface area contributed by atoms with E-state index >= 15 is 0 Å². The van der Waals surface area contributed by atoms with Crippen molar-refractivity contribution in [2.24, 2.45) is 0 Å². The van der Waals surface area contributed by atoms with E-state index in [1.807, 2.05) is 24.3 Å². The molecule has 0 saturated heterocycles. The van der Waals surface area contributed by atoms with Crippen molar-refractivity contribution in [1.82, 2.24) is 15.8 Å². The number of para-hydroxylation sites is 1. The Labute approximate surface area is 184 Å². The summed E-state index contributed by atoms with van der Waals surface area (Å²) in [6, 6.07) is 21.8. The molecule has 0 spiro atoms. The van der Waals surface area contributed by atoms with Crippen molar-refractivity contribution < 1.29 is 14.3 Å². The van der Waals surface area contributed by atoms with Crippen LogP contribution in [0.1, 0.15) is 21.5 Å². The molecule has 0 bridgehead atoms. The molecule has 3 N–H and O–H groups in total. The van der Waals surface area contributed by atoms with Crippen molar-refractivity contribution in [3.05, 3.63) is 101 Å². The molecule has 0 aliphatic heterocycles. The van der Waals surface area contributed by atoms with Crippen LogP contribution in [0.2, 0.25) is 5.02 Å². The number of carbonyl (C=O) groups excluding carboxylic acids is 2. The lowest BCUT2D eigenvalue weighted by Gasteiger charge is -2.09. The number of H-pyrrole nitrogens is 1. The molecule has 1 aromatic heterocycles. The predicted octanol–water partition coefficient (Wildman–Crippen LogP) is 4.40. The topological polar surface area (TPSA) is 83.2 Å². The maximum Gasteiger partial charge on any atom is 0.269 e. The number of hydrogen-bond donors (Lipinski definition) is 3. The molecule has 0 fully saturated rings. The van der Waals surface area contributed by atoms with E-state index < -0.39 is 5.91 Å². The number of nitrogens with one attached hydrogen (secondary N) is 3. The van der Waals surface area contributed by atoms with Gasteiger partial charge in [-0.3, -0.25) is 20.4 Å². The molecule has 2 amide bonds. The summed E-state index contributed by atoms with van der Waals surface area (Å²) in [4.78, 5) is 27.7. The number of amides is 2. The zero-order chi connectivity index (χ0) is 21.6. The van der Waals surface area contributed by atoms with E-state index in [1.54, 1.807) is 54.7 Å². The molecule has 0 atom stereocenters. The van der Waals surface area contributed by atoms with Gasteiger partial charge in [-0.2, -0.15) is 0 Å². The number of aromatic amines is 1. The number of benzene rings is 3. The summed E-state index contributed by atoms with van der Waals surface area (Å²) in [6.45, 7) is 0.366. The number of fused-ring (bicyclic) bond motifs is 1. The summed E-state index contributed by atoms with van der Waals surface area (Å²) in [6.07, 6.45) is 1.96. The first-order chi connectivity index (χ1) is 15.1. The van der Waals surface area contributed by atoms with E-state index in [2.05, 4.69) is 15.8 Å². The summed E-state index contributed by atoms with van der Waals surface area (Å²) in [5.41, 5.74) is 8.09. The van der Waals surface area contributed by atoms with Crippen LogP contribution in [-0.2, 0) is 17.8 Å². The summed E-state index contributed by atoms with van der Waals surface area (Å²) < 4.78 is 5.69. The van der Waals surface area contributed by atoms with E-state index in [9.17, 15) is 9.59 Å². The Morgan fingerprint density at radius 1 is 0.903 bits per heavy atom. The van der Waals surface area contributed by atoms with Crippen molar-refractivity contribution in [2.75, 3.05) is 0 Å². The minimum absolute atomic E-state index is 0.158. The Kier molecular flexibility index (Phi) is 6.19. The highest BCUT2D eigenvalue weighted by Gasteiger charge is 2.11. The van der Waals surface area contributed by atoms with Gasteiger partial charge < -0.3 is 9.72 Å². The Morgan fingerprint density at radius 2 is 1.65 bits per heavy atom. The van der Waals surface area contributed by atoms with Crippen molar-refractivity contribution in [1.29, 1.82) is 0 Å². The van der Waals surface area contributed by atoms with Gasteiger partial charge in [0.05, 0.1) is 6.42 Å². The monoisotopic (exact) mass is 433 g/mol. The molecule has 1 heterocycles. The van der Waals surface area contributed by atoms with E-state index in [0.29, 0.717) is 22.9 Å². The van der Waals surface area contributed by atoms with Gasteiger partial charge in [0, 0.05) is 27.7 Å². The van der Waals surface area contributed by atoms with Gasteiger partial charge in [-0.1, -0.05) is 41.9 Å². The molecule has 0 radical (unpaired) electrons. The van der Waals surface area contributed by atoms with E-state index in [1.165, 1.54) is 0 Å². The van der Waals surface area contributed by atoms with Crippen molar-refractivity contribution in [3.8, 4) is 5.75 Å². The average molecular weight is 434 g/mol. The number of hydrogen-bond acceptors (Lipinski definition) is 3. The van der Waals surface area contributed by atoms with Crippen LogP contribution < -0.4 is 15.6 Å².